The van der Waals surface area contributed by atoms with Gasteiger partial charge in [-0.1, -0.05) is 29.3 Å². The summed E-state index contributed by atoms with van der Waals surface area (Å²) in [6, 6.07) is 4.58. The van der Waals surface area contributed by atoms with Gasteiger partial charge in [-0.2, -0.15) is 0 Å². The average molecular weight is 312 g/mol. The minimum absolute atomic E-state index is 0.250. The van der Waals surface area contributed by atoms with E-state index in [9.17, 15) is 8.42 Å². The van der Waals surface area contributed by atoms with E-state index in [0.29, 0.717) is 22.2 Å². The first-order valence-corrected chi connectivity index (χ1v) is 7.68. The van der Waals surface area contributed by atoms with Crippen LogP contribution < -0.4 is 4.72 Å². The quantitative estimate of drug-likeness (QED) is 0.878. The maximum absolute atomic E-state index is 11.9. The van der Waals surface area contributed by atoms with E-state index in [4.69, 9.17) is 27.9 Å². The molecule has 1 aromatic rings. The Kier molecular flexibility index (Phi) is 5.88. The molecule has 102 valence electrons. The lowest BCUT2D eigenvalue weighted by Crippen LogP contribution is -2.36. The van der Waals surface area contributed by atoms with Crippen LogP contribution in [0.2, 0.25) is 10.0 Å². The Bertz CT molecular complexity index is 485. The lowest BCUT2D eigenvalue weighted by Gasteiger charge is -2.14. The van der Waals surface area contributed by atoms with Crippen LogP contribution in [0.1, 0.15) is 12.5 Å². The van der Waals surface area contributed by atoms with Crippen molar-refractivity contribution in [3.05, 3.63) is 33.8 Å². The van der Waals surface area contributed by atoms with Crippen LogP contribution in [0.3, 0.4) is 0 Å². The van der Waals surface area contributed by atoms with E-state index in [1.54, 1.807) is 25.1 Å². The van der Waals surface area contributed by atoms with Gasteiger partial charge in [0, 0.05) is 28.8 Å². The Hall–Kier alpha value is -0.330. The van der Waals surface area contributed by atoms with Gasteiger partial charge >= 0.3 is 0 Å². The van der Waals surface area contributed by atoms with Crippen molar-refractivity contribution < 1.29 is 13.2 Å². The lowest BCUT2D eigenvalue weighted by molar-refractivity contribution is 0.180. The topological polar surface area (TPSA) is 55.4 Å². The molecule has 0 saturated heterocycles. The van der Waals surface area contributed by atoms with Crippen molar-refractivity contribution in [3.63, 3.8) is 0 Å². The smallest absolute Gasteiger partial charge is 0.216 e. The number of nitrogens with one attached hydrogen (secondary N) is 1. The van der Waals surface area contributed by atoms with Crippen molar-refractivity contribution in [2.45, 2.75) is 18.7 Å². The largest absolute Gasteiger partial charge is 0.383 e. The zero-order valence-electron chi connectivity index (χ0n) is 10.1. The third-order valence-corrected chi connectivity index (χ3v) is 4.33. The molecule has 4 nitrogen and oxygen atoms in total. The van der Waals surface area contributed by atoms with Crippen LogP contribution in [-0.4, -0.2) is 28.2 Å². The van der Waals surface area contributed by atoms with Crippen LogP contribution in [0, 0.1) is 0 Å². The van der Waals surface area contributed by atoms with Crippen molar-refractivity contribution in [1.29, 1.82) is 0 Å². The van der Waals surface area contributed by atoms with Gasteiger partial charge in [0.2, 0.25) is 10.0 Å². The summed E-state index contributed by atoms with van der Waals surface area (Å²) in [7, 11) is -1.99. The number of ether oxygens (including phenoxy) is 1. The second-order valence-corrected chi connectivity index (χ2v) is 6.50. The minimum atomic E-state index is -3.50. The molecule has 7 heteroatoms. The monoisotopic (exact) mass is 311 g/mol. The summed E-state index contributed by atoms with van der Waals surface area (Å²) in [5.41, 5.74) is 0.401. The molecular weight excluding hydrogens is 297 g/mol. The predicted octanol–water partition coefficient (Wildman–Crippen LogP) is 2.45. The number of benzene rings is 1. The van der Waals surface area contributed by atoms with Gasteiger partial charge in [0.25, 0.3) is 0 Å². The third-order valence-electron chi connectivity index (χ3n) is 2.19. The molecule has 1 rings (SSSR count). The molecule has 0 spiro atoms. The van der Waals surface area contributed by atoms with E-state index < -0.39 is 10.0 Å². The molecular formula is C11H15Cl2NO3S. The summed E-state index contributed by atoms with van der Waals surface area (Å²) in [6.45, 7) is 2.02. The molecule has 0 amide bonds. The maximum Gasteiger partial charge on any atom is 0.216 e. The van der Waals surface area contributed by atoms with Crippen LogP contribution in [0.5, 0.6) is 0 Å². The molecule has 0 aliphatic rings. The third kappa shape index (κ3) is 4.74. The Morgan fingerprint density at radius 2 is 1.89 bits per heavy atom. The van der Waals surface area contributed by atoms with Gasteiger partial charge in [-0.25, -0.2) is 13.1 Å². The van der Waals surface area contributed by atoms with Crippen LogP contribution in [0.25, 0.3) is 0 Å². The Labute approximate surface area is 117 Å². The standard InChI is InChI=1S/C11H15Cl2NO3S/c1-8(6-17-2)14-18(15,16)7-9-10(12)4-3-5-11(9)13/h3-5,8,14H,6-7H2,1-2H3. The predicted molar refractivity (Wildman–Crippen MR) is 73.6 cm³/mol. The van der Waals surface area contributed by atoms with Gasteiger partial charge in [-0.15, -0.1) is 0 Å². The summed E-state index contributed by atoms with van der Waals surface area (Å²) < 4.78 is 31.2. The van der Waals surface area contributed by atoms with Crippen LogP contribution in [0.15, 0.2) is 18.2 Å². The summed E-state index contributed by atoms with van der Waals surface area (Å²) in [4.78, 5) is 0. The van der Waals surface area contributed by atoms with Crippen LogP contribution >= 0.6 is 23.2 Å². The van der Waals surface area contributed by atoms with Crippen molar-refractivity contribution in [2.75, 3.05) is 13.7 Å². The average Bonchev–Trinajstić information content (AvgIpc) is 2.23. The van der Waals surface area contributed by atoms with Gasteiger partial charge in [0.05, 0.1) is 12.4 Å². The normalized spacial score (nSPS) is 13.6. The molecule has 1 aromatic carbocycles. The SMILES string of the molecule is COCC(C)NS(=O)(=O)Cc1c(Cl)cccc1Cl. The highest BCUT2D eigenvalue weighted by atomic mass is 35.5. The number of rotatable bonds is 6. The van der Waals surface area contributed by atoms with Crippen molar-refractivity contribution in [2.24, 2.45) is 0 Å². The second-order valence-electron chi connectivity index (χ2n) is 3.93. The van der Waals surface area contributed by atoms with Crippen molar-refractivity contribution in [3.8, 4) is 0 Å². The second kappa shape index (κ2) is 6.73. The zero-order valence-corrected chi connectivity index (χ0v) is 12.4. The molecule has 0 radical (unpaired) electrons. The number of halogens is 2. The molecule has 0 bridgehead atoms. The molecule has 1 atom stereocenters. The summed E-state index contributed by atoms with van der Waals surface area (Å²) in [5.74, 6) is -0.250. The molecule has 1 unspecified atom stereocenters. The van der Waals surface area contributed by atoms with Crippen LogP contribution in [-0.2, 0) is 20.5 Å². The molecule has 0 aliphatic heterocycles. The van der Waals surface area contributed by atoms with E-state index >= 15 is 0 Å². The summed E-state index contributed by atoms with van der Waals surface area (Å²) in [6.07, 6.45) is 0. The number of hydrogen-bond donors (Lipinski definition) is 1. The molecule has 18 heavy (non-hydrogen) atoms. The Morgan fingerprint density at radius 1 is 1.33 bits per heavy atom. The van der Waals surface area contributed by atoms with E-state index in [2.05, 4.69) is 4.72 Å². The van der Waals surface area contributed by atoms with E-state index in [-0.39, 0.29) is 11.8 Å². The van der Waals surface area contributed by atoms with Gasteiger partial charge in [-0.3, -0.25) is 0 Å². The summed E-state index contributed by atoms with van der Waals surface area (Å²) in [5, 5.41) is 0.680. The molecule has 0 fully saturated rings. The maximum atomic E-state index is 11.9. The fourth-order valence-corrected chi connectivity index (χ4v) is 3.64. The summed E-state index contributed by atoms with van der Waals surface area (Å²) >= 11 is 11.9. The minimum Gasteiger partial charge on any atom is -0.383 e. The van der Waals surface area contributed by atoms with Gasteiger partial charge in [0.15, 0.2) is 0 Å². The number of sulfonamides is 1. The van der Waals surface area contributed by atoms with Crippen LogP contribution in [0.4, 0.5) is 0 Å². The van der Waals surface area contributed by atoms with Gasteiger partial charge in [-0.05, 0) is 19.1 Å². The van der Waals surface area contributed by atoms with E-state index in [1.807, 2.05) is 0 Å². The molecule has 1 N–H and O–H groups in total. The van der Waals surface area contributed by atoms with Crippen molar-refractivity contribution in [1.82, 2.24) is 4.72 Å². The first-order valence-electron chi connectivity index (χ1n) is 5.27. The first-order chi connectivity index (χ1) is 8.35. The first kappa shape index (κ1) is 15.7. The number of hydrogen-bond acceptors (Lipinski definition) is 3. The Morgan fingerprint density at radius 3 is 2.39 bits per heavy atom. The highest BCUT2D eigenvalue weighted by Gasteiger charge is 2.18. The molecule has 0 heterocycles. The fourth-order valence-electron chi connectivity index (χ4n) is 1.49. The van der Waals surface area contributed by atoms with Gasteiger partial charge < -0.3 is 4.74 Å². The van der Waals surface area contributed by atoms with E-state index in [0.717, 1.165) is 0 Å². The van der Waals surface area contributed by atoms with Crippen molar-refractivity contribution >= 4 is 33.2 Å². The van der Waals surface area contributed by atoms with E-state index in [1.165, 1.54) is 7.11 Å². The highest BCUT2D eigenvalue weighted by molar-refractivity contribution is 7.88. The Balaban J connectivity index is 2.83. The molecule has 0 saturated carbocycles. The highest BCUT2D eigenvalue weighted by Crippen LogP contribution is 2.25. The molecule has 0 aromatic heterocycles. The number of methoxy groups -OCH3 is 1. The zero-order chi connectivity index (χ0) is 13.8. The fraction of sp³-hybridized carbons (Fsp3) is 0.455. The molecule has 0 aliphatic carbocycles. The van der Waals surface area contributed by atoms with Gasteiger partial charge in [0.1, 0.15) is 0 Å². The lowest BCUT2D eigenvalue weighted by atomic mass is 10.2.